The summed E-state index contributed by atoms with van der Waals surface area (Å²) in [6.45, 7) is 0. The third-order valence-electron chi connectivity index (χ3n) is 1.41. The lowest BCUT2D eigenvalue weighted by atomic mass is 10.4. The maximum absolute atomic E-state index is 13.0. The summed E-state index contributed by atoms with van der Waals surface area (Å²) >= 11 is 0. The molecule has 0 saturated heterocycles. The zero-order valence-electron chi connectivity index (χ0n) is 6.05. The molecule has 0 saturated carbocycles. The number of aromatic nitrogens is 4. The van der Waals surface area contributed by atoms with Gasteiger partial charge in [0.25, 0.3) is 0 Å². The van der Waals surface area contributed by atoms with Gasteiger partial charge in [0.05, 0.1) is 12.4 Å². The monoisotopic (exact) mass is 164 g/mol. The lowest BCUT2D eigenvalue weighted by Gasteiger charge is -1.98. The first kappa shape index (κ1) is 6.90. The lowest BCUT2D eigenvalue weighted by molar-refractivity contribution is 0.566. The Morgan fingerprint density at radius 1 is 1.33 bits per heavy atom. The molecule has 0 aromatic carbocycles. The SMILES string of the molecule is Fc1ncccc1-n1ccnn1. The molecule has 0 bridgehead atoms. The Hall–Kier alpha value is -1.78. The smallest absolute Gasteiger partial charge is 0.226 e. The number of hydrogen-bond donors (Lipinski definition) is 0. The summed E-state index contributed by atoms with van der Waals surface area (Å²) in [4.78, 5) is 3.48. The van der Waals surface area contributed by atoms with Crippen LogP contribution in [0.15, 0.2) is 30.7 Å². The highest BCUT2D eigenvalue weighted by molar-refractivity contribution is 5.26. The minimum absolute atomic E-state index is 0.301. The van der Waals surface area contributed by atoms with Crippen LogP contribution in [0, 0.1) is 5.95 Å². The minimum Gasteiger partial charge on any atom is -0.226 e. The summed E-state index contributed by atoms with van der Waals surface area (Å²) in [6.07, 6.45) is 4.42. The molecule has 0 unspecified atom stereocenters. The van der Waals surface area contributed by atoms with Gasteiger partial charge in [0.1, 0.15) is 5.69 Å². The molecule has 5 heteroatoms. The first-order chi connectivity index (χ1) is 5.88. The normalized spacial score (nSPS) is 10.1. The van der Waals surface area contributed by atoms with Gasteiger partial charge in [0.2, 0.25) is 5.95 Å². The van der Waals surface area contributed by atoms with Crippen molar-refractivity contribution in [2.75, 3.05) is 0 Å². The number of halogens is 1. The van der Waals surface area contributed by atoms with Gasteiger partial charge in [-0.1, -0.05) is 5.21 Å². The lowest BCUT2D eigenvalue weighted by Crippen LogP contribution is -1.99. The zero-order valence-corrected chi connectivity index (χ0v) is 6.05. The molecule has 2 rings (SSSR count). The van der Waals surface area contributed by atoms with Crippen molar-refractivity contribution in [2.45, 2.75) is 0 Å². The second-order valence-electron chi connectivity index (χ2n) is 2.16. The van der Waals surface area contributed by atoms with E-state index in [1.165, 1.54) is 17.1 Å². The molecule has 0 spiro atoms. The highest BCUT2D eigenvalue weighted by Crippen LogP contribution is 2.06. The second-order valence-corrected chi connectivity index (χ2v) is 2.16. The van der Waals surface area contributed by atoms with Crippen LogP contribution in [0.5, 0.6) is 0 Å². The van der Waals surface area contributed by atoms with Crippen LogP contribution in [0.2, 0.25) is 0 Å². The Morgan fingerprint density at radius 3 is 2.92 bits per heavy atom. The molecule has 60 valence electrons. The number of pyridine rings is 1. The van der Waals surface area contributed by atoms with Crippen molar-refractivity contribution in [3.05, 3.63) is 36.7 Å². The molecule has 0 aliphatic heterocycles. The van der Waals surface area contributed by atoms with Crippen LogP contribution < -0.4 is 0 Å². The van der Waals surface area contributed by atoms with Crippen molar-refractivity contribution in [3.8, 4) is 5.69 Å². The van der Waals surface area contributed by atoms with Crippen LogP contribution >= 0.6 is 0 Å². The zero-order chi connectivity index (χ0) is 8.39. The van der Waals surface area contributed by atoms with Crippen LogP contribution in [0.25, 0.3) is 5.69 Å². The maximum atomic E-state index is 13.0. The molecule has 0 amide bonds. The Kier molecular flexibility index (Phi) is 1.55. The number of rotatable bonds is 1. The van der Waals surface area contributed by atoms with Crippen LogP contribution in [-0.4, -0.2) is 20.0 Å². The van der Waals surface area contributed by atoms with Crippen LogP contribution in [0.4, 0.5) is 4.39 Å². The molecule has 0 N–H and O–H groups in total. The molecule has 0 aliphatic rings. The molecular weight excluding hydrogens is 159 g/mol. The van der Waals surface area contributed by atoms with E-state index in [4.69, 9.17) is 0 Å². The van der Waals surface area contributed by atoms with Crippen LogP contribution in [0.3, 0.4) is 0 Å². The quantitative estimate of drug-likeness (QED) is 0.585. The molecule has 0 atom stereocenters. The molecule has 2 aromatic rings. The van der Waals surface area contributed by atoms with E-state index in [9.17, 15) is 4.39 Å². The highest BCUT2D eigenvalue weighted by atomic mass is 19.1. The average molecular weight is 164 g/mol. The van der Waals surface area contributed by atoms with Crippen LogP contribution in [-0.2, 0) is 0 Å². The molecule has 2 heterocycles. The maximum Gasteiger partial charge on any atom is 0.238 e. The van der Waals surface area contributed by atoms with Crippen molar-refractivity contribution in [2.24, 2.45) is 0 Å². The third kappa shape index (κ3) is 1.05. The fraction of sp³-hybridized carbons (Fsp3) is 0. The van der Waals surface area contributed by atoms with Gasteiger partial charge < -0.3 is 0 Å². The predicted molar refractivity (Wildman–Crippen MR) is 39.1 cm³/mol. The van der Waals surface area contributed by atoms with Gasteiger partial charge in [-0.2, -0.15) is 4.39 Å². The summed E-state index contributed by atoms with van der Waals surface area (Å²) in [5, 5.41) is 7.19. The molecular formula is C7H5FN4. The average Bonchev–Trinajstić information content (AvgIpc) is 2.57. The summed E-state index contributed by atoms with van der Waals surface area (Å²) < 4.78 is 14.3. The molecule has 0 radical (unpaired) electrons. The fourth-order valence-electron chi connectivity index (χ4n) is 0.885. The van der Waals surface area contributed by atoms with Gasteiger partial charge in [-0.15, -0.1) is 5.10 Å². The minimum atomic E-state index is -0.553. The van der Waals surface area contributed by atoms with Crippen molar-refractivity contribution in [1.29, 1.82) is 0 Å². The first-order valence-electron chi connectivity index (χ1n) is 3.35. The van der Waals surface area contributed by atoms with Crippen molar-refractivity contribution in [1.82, 2.24) is 20.0 Å². The molecule has 12 heavy (non-hydrogen) atoms. The Labute approximate surface area is 67.7 Å². The highest BCUT2D eigenvalue weighted by Gasteiger charge is 2.03. The fourth-order valence-corrected chi connectivity index (χ4v) is 0.885. The van der Waals surface area contributed by atoms with Gasteiger partial charge in [-0.3, -0.25) is 0 Å². The van der Waals surface area contributed by atoms with E-state index in [0.29, 0.717) is 5.69 Å². The summed E-state index contributed by atoms with van der Waals surface area (Å²) in [5.74, 6) is -0.553. The predicted octanol–water partition coefficient (Wildman–Crippen LogP) is 0.801. The summed E-state index contributed by atoms with van der Waals surface area (Å²) in [7, 11) is 0. The van der Waals surface area contributed by atoms with E-state index in [1.807, 2.05) is 0 Å². The summed E-state index contributed by atoms with van der Waals surface area (Å²) in [6, 6.07) is 3.22. The van der Waals surface area contributed by atoms with Crippen LogP contribution in [0.1, 0.15) is 0 Å². The van der Waals surface area contributed by atoms with Crippen molar-refractivity contribution in [3.63, 3.8) is 0 Å². The van der Waals surface area contributed by atoms with E-state index in [2.05, 4.69) is 15.3 Å². The molecule has 4 nitrogen and oxygen atoms in total. The van der Waals surface area contributed by atoms with E-state index in [1.54, 1.807) is 18.3 Å². The van der Waals surface area contributed by atoms with E-state index < -0.39 is 5.95 Å². The molecule has 0 aliphatic carbocycles. The Bertz CT molecular complexity index is 371. The number of hydrogen-bond acceptors (Lipinski definition) is 3. The van der Waals surface area contributed by atoms with Gasteiger partial charge in [-0.05, 0) is 12.1 Å². The molecule has 0 fully saturated rings. The van der Waals surface area contributed by atoms with Crippen molar-refractivity contribution >= 4 is 0 Å². The van der Waals surface area contributed by atoms with Gasteiger partial charge in [0, 0.05) is 6.20 Å². The Balaban J connectivity index is 2.55. The third-order valence-corrected chi connectivity index (χ3v) is 1.41. The summed E-state index contributed by atoms with van der Waals surface area (Å²) in [5.41, 5.74) is 0.301. The Morgan fingerprint density at radius 2 is 2.25 bits per heavy atom. The molecule has 2 aromatic heterocycles. The van der Waals surface area contributed by atoms with E-state index in [0.717, 1.165) is 0 Å². The topological polar surface area (TPSA) is 43.6 Å². The number of nitrogens with zero attached hydrogens (tertiary/aromatic N) is 4. The largest absolute Gasteiger partial charge is 0.238 e. The second kappa shape index (κ2) is 2.69. The standard InChI is InChI=1S/C7H5FN4/c8-7-6(2-1-3-9-7)12-5-4-10-11-12/h1-5H. The van der Waals surface area contributed by atoms with E-state index in [-0.39, 0.29) is 0 Å². The first-order valence-corrected chi connectivity index (χ1v) is 3.35. The van der Waals surface area contributed by atoms with E-state index >= 15 is 0 Å². The van der Waals surface area contributed by atoms with Crippen molar-refractivity contribution < 1.29 is 4.39 Å². The van der Waals surface area contributed by atoms with Gasteiger partial charge in [0.15, 0.2) is 0 Å². The van der Waals surface area contributed by atoms with Gasteiger partial charge in [-0.25, -0.2) is 9.67 Å². The van der Waals surface area contributed by atoms with Gasteiger partial charge >= 0.3 is 0 Å².